The Balaban J connectivity index is 1.55. The first-order valence-electron chi connectivity index (χ1n) is 27.1. The van der Waals surface area contributed by atoms with Gasteiger partial charge in [-0.2, -0.15) is 14.5 Å². The quantitative estimate of drug-likeness (QED) is 0.0386. The number of esters is 1. The summed E-state index contributed by atoms with van der Waals surface area (Å²) < 4.78 is 46.0. The molecule has 0 amide bonds. The van der Waals surface area contributed by atoms with Gasteiger partial charge in [-0.05, 0) is 101 Å². The van der Waals surface area contributed by atoms with Crippen LogP contribution in [0.25, 0.3) is 0 Å². The Morgan fingerprint density at radius 1 is 0.864 bits per heavy atom. The molecule has 0 radical (unpaired) electrons. The molecule has 1 aromatic heterocycles. The summed E-state index contributed by atoms with van der Waals surface area (Å²) >= 11 is 0. The molecule has 81 heavy (non-hydrogen) atoms. The van der Waals surface area contributed by atoms with Crippen molar-refractivity contribution in [2.45, 2.75) is 223 Å². The van der Waals surface area contributed by atoms with Gasteiger partial charge in [-0.3, -0.25) is 4.79 Å². The van der Waals surface area contributed by atoms with Gasteiger partial charge in [-0.15, -0.1) is 5.10 Å². The smallest absolute Gasteiger partial charge is 0.459 e. The van der Waals surface area contributed by atoms with Crippen LogP contribution in [-0.4, -0.2) is 249 Å². The first-order valence-corrected chi connectivity index (χ1v) is 27.1. The molecule has 6 unspecified atom stereocenters. The van der Waals surface area contributed by atoms with Crippen LogP contribution >= 0.6 is 0 Å². The second-order valence-corrected chi connectivity index (χ2v) is 23.3. The molecule has 4 aliphatic rings. The van der Waals surface area contributed by atoms with E-state index in [0.29, 0.717) is 6.42 Å². The summed E-state index contributed by atoms with van der Waals surface area (Å²) in [5, 5.41) is 92.5. The van der Waals surface area contributed by atoms with E-state index in [1.165, 1.54) is 20.2 Å². The maximum absolute atomic E-state index is 14.9. The number of aliphatic hydroxyl groups excluding tert-OH is 2. The topological polar surface area (TPSA) is 381 Å². The molecule has 23 atom stereocenters. The Labute approximate surface area is 469 Å². The molecule has 32 nitrogen and oxygen atoms in total. The number of carbonyl (C=O) groups excluding carboxylic acids is 1. The van der Waals surface area contributed by atoms with E-state index in [9.17, 15) is 60.8 Å². The monoisotopic (exact) mass is 1170 g/mol. The number of aromatic nitrogens is 3. The van der Waals surface area contributed by atoms with Gasteiger partial charge < -0.3 is 63.4 Å². The summed E-state index contributed by atoms with van der Waals surface area (Å²) in [4.78, 5) is 74.3. The number of rotatable bonds is 20. The number of aliphatic hydroxyl groups is 4. The lowest BCUT2D eigenvalue weighted by atomic mass is 9.77. The third kappa shape index (κ3) is 16.2. The zero-order valence-electron chi connectivity index (χ0n) is 48.7. The van der Waals surface area contributed by atoms with Crippen LogP contribution in [0, 0.1) is 38.4 Å². The van der Waals surface area contributed by atoms with Crippen molar-refractivity contribution < 1.29 is 119 Å². The fourth-order valence-corrected chi connectivity index (χ4v) is 12.3. The summed E-state index contributed by atoms with van der Waals surface area (Å²) in [5.41, 5.74) is -4.78. The SMILES string of the molecule is C=[N+](O)OCC1CC(n2cc(CO[C@@H]3[C@@H](C)N(C)C[C@H](C)C[C@@](C)(O)[C@H](O[C@@H]4O[C@H](C)CC(N(C)C)[C@H]4O)[C@@H](C)[C@H](O[C@H]4C[C@@](C)(OC)[C@@H](O)[C@H](C)O4)[C@@H](C)C(=O)O[C@H](CC)[C@@]3(C)O)nn2)C(O[N+](=O)O)C(O[N+](=O)O)C1O[N+](=O)O. The van der Waals surface area contributed by atoms with Gasteiger partial charge in [0.25, 0.3) is 12.2 Å². The van der Waals surface area contributed by atoms with Crippen molar-refractivity contribution in [1.29, 1.82) is 0 Å². The molecular formula is C49H89N9O23+4. The van der Waals surface area contributed by atoms with Crippen LogP contribution in [0.5, 0.6) is 0 Å². The van der Waals surface area contributed by atoms with E-state index >= 15 is 0 Å². The minimum absolute atomic E-state index is 0.0290. The molecule has 4 fully saturated rings. The van der Waals surface area contributed by atoms with Crippen LogP contribution in [0.4, 0.5) is 0 Å². The minimum Gasteiger partial charge on any atom is -0.459 e. The van der Waals surface area contributed by atoms with Gasteiger partial charge in [0.05, 0.1) is 60.3 Å². The number of cyclic esters (lactones) is 1. The molecule has 464 valence electrons. The predicted octanol–water partition coefficient (Wildman–Crippen LogP) is 0.717. The van der Waals surface area contributed by atoms with Gasteiger partial charge in [0.2, 0.25) is 12.8 Å². The van der Waals surface area contributed by atoms with E-state index in [1.807, 2.05) is 37.7 Å². The molecular weight excluding hydrogens is 1080 g/mol. The normalized spacial score (nSPS) is 41.4. The minimum atomic E-state index is -2.01. The molecule has 0 spiro atoms. The van der Waals surface area contributed by atoms with Gasteiger partial charge in [-0.25, -0.2) is 30.3 Å². The summed E-state index contributed by atoms with van der Waals surface area (Å²) in [5.74, 6) is -4.41. The number of hydrogen-bond donors (Lipinski definition) is 8. The van der Waals surface area contributed by atoms with Gasteiger partial charge in [-0.1, -0.05) is 26.0 Å². The largest absolute Gasteiger partial charge is 0.475 e. The van der Waals surface area contributed by atoms with Gasteiger partial charge in [0.1, 0.15) is 56.5 Å². The highest BCUT2D eigenvalue weighted by Crippen LogP contribution is 2.42. The lowest BCUT2D eigenvalue weighted by Gasteiger charge is -2.48. The van der Waals surface area contributed by atoms with Crippen molar-refractivity contribution in [3.8, 4) is 0 Å². The molecule has 5 rings (SSSR count). The van der Waals surface area contributed by atoms with Gasteiger partial charge >= 0.3 is 21.2 Å². The van der Waals surface area contributed by atoms with Crippen LogP contribution < -0.4 is 0 Å². The highest BCUT2D eigenvalue weighted by molar-refractivity contribution is 5.73. The van der Waals surface area contributed by atoms with Crippen molar-refractivity contribution >= 4 is 12.7 Å². The predicted molar refractivity (Wildman–Crippen MR) is 270 cm³/mol. The van der Waals surface area contributed by atoms with Crippen molar-refractivity contribution in [1.82, 2.24) is 24.8 Å². The summed E-state index contributed by atoms with van der Waals surface area (Å²) in [7, 11) is 6.93. The van der Waals surface area contributed by atoms with Crippen molar-refractivity contribution in [2.24, 2.45) is 23.7 Å². The van der Waals surface area contributed by atoms with Gasteiger partial charge in [0, 0.05) is 38.1 Å². The van der Waals surface area contributed by atoms with E-state index in [1.54, 1.807) is 55.5 Å². The Kier molecular flexibility index (Phi) is 22.8. The Bertz CT molecular complexity index is 2270. The van der Waals surface area contributed by atoms with Crippen molar-refractivity contribution in [3.63, 3.8) is 0 Å². The molecule has 3 aliphatic heterocycles. The summed E-state index contributed by atoms with van der Waals surface area (Å²) in [6, 6.07) is -2.39. The first-order chi connectivity index (χ1) is 37.6. The molecule has 1 aromatic rings. The van der Waals surface area contributed by atoms with E-state index < -0.39 is 155 Å². The molecule has 0 bridgehead atoms. The molecule has 1 aliphatic carbocycles. The Hall–Kier alpha value is -5.00. The highest BCUT2D eigenvalue weighted by Gasteiger charge is 2.61. The number of likely N-dealkylation sites (N-methyl/N-ethyl adjacent to an activating group) is 2. The average Bonchev–Trinajstić information content (AvgIpc) is 3.84. The molecule has 4 heterocycles. The summed E-state index contributed by atoms with van der Waals surface area (Å²) in [6.45, 7) is 19.6. The number of ether oxygens (including phenoxy) is 7. The third-order valence-electron chi connectivity index (χ3n) is 16.6. The third-order valence-corrected chi connectivity index (χ3v) is 16.6. The summed E-state index contributed by atoms with van der Waals surface area (Å²) in [6.07, 6.45) is -14.5. The maximum Gasteiger partial charge on any atom is 0.475 e. The molecule has 1 saturated carbocycles. The number of methoxy groups -OCH3 is 1. The van der Waals surface area contributed by atoms with E-state index in [-0.39, 0.29) is 60.9 Å². The van der Waals surface area contributed by atoms with E-state index in [0.717, 1.165) is 4.68 Å². The van der Waals surface area contributed by atoms with Crippen LogP contribution in [0.1, 0.15) is 113 Å². The number of hydrogen-bond acceptors (Lipinski definition) is 24. The first kappa shape index (κ1) is 66.8. The highest BCUT2D eigenvalue weighted by atomic mass is 17.0. The zero-order chi connectivity index (χ0) is 60.8. The van der Waals surface area contributed by atoms with E-state index in [2.05, 4.69) is 17.0 Å². The fourth-order valence-electron chi connectivity index (χ4n) is 12.3. The van der Waals surface area contributed by atoms with E-state index in [4.69, 9.17) is 52.5 Å². The Morgan fingerprint density at radius 2 is 1.48 bits per heavy atom. The lowest BCUT2D eigenvalue weighted by Crippen LogP contribution is -2.60. The van der Waals surface area contributed by atoms with Crippen molar-refractivity contribution in [2.75, 3.05) is 41.4 Å². The molecule has 32 heteroatoms. The number of nitrogens with zero attached hydrogens (tertiary/aromatic N) is 9. The maximum atomic E-state index is 14.9. The van der Waals surface area contributed by atoms with Crippen LogP contribution in [-0.2, 0) is 63.9 Å². The zero-order valence-corrected chi connectivity index (χ0v) is 48.7. The van der Waals surface area contributed by atoms with Crippen LogP contribution in [0.15, 0.2) is 6.20 Å². The lowest BCUT2D eigenvalue weighted by molar-refractivity contribution is -1.01. The molecule has 3 saturated heterocycles. The Morgan fingerprint density at radius 3 is 2.06 bits per heavy atom. The fraction of sp³-hybridized carbons (Fsp3) is 0.918. The van der Waals surface area contributed by atoms with Crippen molar-refractivity contribution in [3.05, 3.63) is 26.6 Å². The van der Waals surface area contributed by atoms with Crippen LogP contribution in [0.3, 0.4) is 0 Å². The standard InChI is InChI=1S/C49H89N9O23/c1-16-35-49(10,63)44(72-24-32-22-55(51-50-32)34-18-31(23-73-54(14)64)39(79-56(65)66)41(81-58(69)70)40(34)80-57(67)68)29(6)53(13)21-25(2)19-47(8,62)43(78-46-37(59)33(52(11)12)17-26(3)74-46)27(4)38(28(5)45(61)76-35)77-36-20-48(9,71-15)42(60)30(7)75-36/h22,25-31,33-44,46,59-60,62-64H,14,16-21,23-24H2,1-13,15H3,(H,65,66)(H,67,68)(H,69,70)/q+4/t25-,26-,27+,28-,29-,30+,31?,33?,34?,35-,36+,37-,38+,39?,40?,41?,42+,43-,44-,46+,47-,48-,49-/m1/s1. The second kappa shape index (κ2) is 27.6. The second-order valence-electron chi connectivity index (χ2n) is 23.3. The average molecular weight is 1170 g/mol. The van der Waals surface area contributed by atoms with Crippen LogP contribution in [0.2, 0.25) is 0 Å². The van der Waals surface area contributed by atoms with Gasteiger partial charge in [0.15, 0.2) is 24.1 Å². The number of carbonyl (C=O) groups is 1. The molecule has 8 N–H and O–H groups in total. The molecule has 0 aromatic carbocycles.